The molecule has 0 spiro atoms. The van der Waals surface area contributed by atoms with E-state index in [2.05, 4.69) is 17.2 Å². The Labute approximate surface area is 117 Å². The van der Waals surface area contributed by atoms with Crippen molar-refractivity contribution in [2.45, 2.75) is 38.6 Å². The molecule has 1 fully saturated rings. The Balaban J connectivity index is 2.03. The molecule has 2 rings (SSSR count). The fourth-order valence-corrected chi connectivity index (χ4v) is 2.84. The molecule has 2 atom stereocenters. The Hall–Kier alpha value is -0.800. The van der Waals surface area contributed by atoms with E-state index in [1.54, 1.807) is 12.1 Å². The minimum atomic E-state index is -0.164. The van der Waals surface area contributed by atoms with Crippen LogP contribution < -0.4 is 5.32 Å². The number of aromatic nitrogens is 1. The normalized spacial score (nSPS) is 23.7. The van der Waals surface area contributed by atoms with Crippen LogP contribution in [0.3, 0.4) is 0 Å². The molecule has 1 aliphatic rings. The number of pyridine rings is 1. The third-order valence-corrected chi connectivity index (χ3v) is 3.83. The second kappa shape index (κ2) is 5.89. The van der Waals surface area contributed by atoms with Gasteiger partial charge in [0.1, 0.15) is 10.3 Å². The summed E-state index contributed by atoms with van der Waals surface area (Å²) in [5.74, 6) is 0.506. The van der Waals surface area contributed by atoms with Gasteiger partial charge in [0.25, 0.3) is 5.91 Å². The summed E-state index contributed by atoms with van der Waals surface area (Å²) in [7, 11) is 0. The fraction of sp³-hybridized carbons (Fsp3) is 0.538. The first-order valence-corrected chi connectivity index (χ1v) is 6.94. The van der Waals surface area contributed by atoms with E-state index in [-0.39, 0.29) is 17.1 Å². The molecule has 0 radical (unpaired) electrons. The number of carbonyl (C=O) groups excluding carboxylic acids is 1. The van der Waals surface area contributed by atoms with E-state index < -0.39 is 0 Å². The molecule has 1 aliphatic carbocycles. The van der Waals surface area contributed by atoms with Crippen LogP contribution in [-0.4, -0.2) is 16.9 Å². The standard InChI is InChI=1S/C13H16Cl2N2O/c1-8-3-2-4-9(7-8)16-13(18)10-5-6-11(14)17-12(10)15/h5-6,8-9H,2-4,7H2,1H3,(H,16,18). The average molecular weight is 287 g/mol. The van der Waals surface area contributed by atoms with Crippen molar-refractivity contribution < 1.29 is 4.79 Å². The lowest BCUT2D eigenvalue weighted by atomic mass is 9.87. The van der Waals surface area contributed by atoms with E-state index in [1.165, 1.54) is 12.8 Å². The summed E-state index contributed by atoms with van der Waals surface area (Å²) in [4.78, 5) is 15.9. The van der Waals surface area contributed by atoms with Crippen LogP contribution in [0.25, 0.3) is 0 Å². The number of nitrogens with one attached hydrogen (secondary N) is 1. The first kappa shape index (κ1) is 13.6. The third kappa shape index (κ3) is 3.36. The van der Waals surface area contributed by atoms with Crippen molar-refractivity contribution in [2.24, 2.45) is 5.92 Å². The zero-order chi connectivity index (χ0) is 13.1. The highest BCUT2D eigenvalue weighted by molar-refractivity contribution is 6.34. The minimum absolute atomic E-state index is 0.156. The molecule has 2 unspecified atom stereocenters. The maximum atomic E-state index is 12.1. The Bertz CT molecular complexity index is 451. The minimum Gasteiger partial charge on any atom is -0.349 e. The van der Waals surface area contributed by atoms with Crippen LogP contribution in [0.1, 0.15) is 43.0 Å². The summed E-state index contributed by atoms with van der Waals surface area (Å²) in [6.07, 6.45) is 4.48. The van der Waals surface area contributed by atoms with Gasteiger partial charge in [-0.15, -0.1) is 0 Å². The van der Waals surface area contributed by atoms with Crippen molar-refractivity contribution in [3.8, 4) is 0 Å². The van der Waals surface area contributed by atoms with E-state index in [9.17, 15) is 4.79 Å². The van der Waals surface area contributed by atoms with Gasteiger partial charge in [-0.1, -0.05) is 43.0 Å². The van der Waals surface area contributed by atoms with Crippen molar-refractivity contribution in [1.82, 2.24) is 10.3 Å². The van der Waals surface area contributed by atoms with Gasteiger partial charge in [-0.2, -0.15) is 0 Å². The molecule has 3 nitrogen and oxygen atoms in total. The molecule has 0 aromatic carbocycles. The Morgan fingerprint density at radius 2 is 2.17 bits per heavy atom. The van der Waals surface area contributed by atoms with Gasteiger partial charge in [-0.05, 0) is 30.9 Å². The molecule has 18 heavy (non-hydrogen) atoms. The summed E-state index contributed by atoms with van der Waals surface area (Å²) >= 11 is 11.6. The molecule has 1 saturated carbocycles. The first-order valence-electron chi connectivity index (χ1n) is 6.19. The van der Waals surface area contributed by atoms with E-state index >= 15 is 0 Å². The van der Waals surface area contributed by atoms with Crippen molar-refractivity contribution >= 4 is 29.1 Å². The fourth-order valence-electron chi connectivity index (χ4n) is 2.41. The summed E-state index contributed by atoms with van der Waals surface area (Å²) in [6, 6.07) is 3.43. The highest BCUT2D eigenvalue weighted by Crippen LogP contribution is 2.24. The number of hydrogen-bond donors (Lipinski definition) is 1. The maximum absolute atomic E-state index is 12.1. The summed E-state index contributed by atoms with van der Waals surface area (Å²) < 4.78 is 0. The van der Waals surface area contributed by atoms with Crippen LogP contribution in [0.15, 0.2) is 12.1 Å². The zero-order valence-electron chi connectivity index (χ0n) is 10.2. The smallest absolute Gasteiger partial charge is 0.254 e. The number of rotatable bonds is 2. The number of amides is 1. The van der Waals surface area contributed by atoms with E-state index in [4.69, 9.17) is 23.2 Å². The largest absolute Gasteiger partial charge is 0.349 e. The van der Waals surface area contributed by atoms with Crippen molar-refractivity contribution in [2.75, 3.05) is 0 Å². The van der Waals surface area contributed by atoms with Crippen LogP contribution in [0.2, 0.25) is 10.3 Å². The molecule has 5 heteroatoms. The Morgan fingerprint density at radius 3 is 2.83 bits per heavy atom. The maximum Gasteiger partial charge on any atom is 0.254 e. The molecule has 1 aromatic rings. The van der Waals surface area contributed by atoms with Gasteiger partial charge in [0.2, 0.25) is 0 Å². The van der Waals surface area contributed by atoms with Gasteiger partial charge < -0.3 is 5.32 Å². The van der Waals surface area contributed by atoms with Crippen LogP contribution in [-0.2, 0) is 0 Å². The predicted octanol–water partition coefficient (Wildman–Crippen LogP) is 3.70. The Kier molecular flexibility index (Phi) is 4.46. The lowest BCUT2D eigenvalue weighted by Gasteiger charge is -2.27. The van der Waals surface area contributed by atoms with Crippen LogP contribution in [0.4, 0.5) is 0 Å². The molecule has 1 N–H and O–H groups in total. The first-order chi connectivity index (χ1) is 8.56. The van der Waals surface area contributed by atoms with Gasteiger partial charge in [-0.3, -0.25) is 4.79 Å². The third-order valence-electron chi connectivity index (χ3n) is 3.33. The van der Waals surface area contributed by atoms with Crippen molar-refractivity contribution in [3.05, 3.63) is 28.0 Å². The van der Waals surface area contributed by atoms with Gasteiger partial charge in [0, 0.05) is 6.04 Å². The van der Waals surface area contributed by atoms with E-state index in [0.29, 0.717) is 16.6 Å². The number of hydrogen-bond acceptors (Lipinski definition) is 2. The second-order valence-electron chi connectivity index (χ2n) is 4.91. The predicted molar refractivity (Wildman–Crippen MR) is 73.1 cm³/mol. The SMILES string of the molecule is CC1CCCC(NC(=O)c2ccc(Cl)nc2Cl)C1. The van der Waals surface area contributed by atoms with Gasteiger partial charge >= 0.3 is 0 Å². The van der Waals surface area contributed by atoms with Crippen LogP contribution in [0.5, 0.6) is 0 Å². The highest BCUT2D eigenvalue weighted by atomic mass is 35.5. The monoisotopic (exact) mass is 286 g/mol. The quantitative estimate of drug-likeness (QED) is 0.843. The van der Waals surface area contributed by atoms with Crippen molar-refractivity contribution in [3.63, 3.8) is 0 Å². The molecule has 0 aliphatic heterocycles. The zero-order valence-corrected chi connectivity index (χ0v) is 11.8. The van der Waals surface area contributed by atoms with Gasteiger partial charge in [-0.25, -0.2) is 4.98 Å². The summed E-state index contributed by atoms with van der Waals surface area (Å²) in [5, 5.41) is 3.47. The van der Waals surface area contributed by atoms with Crippen molar-refractivity contribution in [1.29, 1.82) is 0 Å². The summed E-state index contributed by atoms with van der Waals surface area (Å²) in [6.45, 7) is 2.22. The molecular formula is C13H16Cl2N2O. The average Bonchev–Trinajstić information content (AvgIpc) is 2.28. The summed E-state index contributed by atoms with van der Waals surface area (Å²) in [5.41, 5.74) is 0.388. The molecule has 1 amide bonds. The highest BCUT2D eigenvalue weighted by Gasteiger charge is 2.22. The van der Waals surface area contributed by atoms with E-state index in [1.807, 2.05) is 0 Å². The van der Waals surface area contributed by atoms with Crippen LogP contribution in [0, 0.1) is 5.92 Å². The molecule has 98 valence electrons. The topological polar surface area (TPSA) is 42.0 Å². The molecule has 0 saturated heterocycles. The molecule has 0 bridgehead atoms. The lowest BCUT2D eigenvalue weighted by molar-refractivity contribution is 0.0921. The molecular weight excluding hydrogens is 271 g/mol. The van der Waals surface area contributed by atoms with Gasteiger partial charge in [0.05, 0.1) is 5.56 Å². The van der Waals surface area contributed by atoms with Crippen LogP contribution >= 0.6 is 23.2 Å². The lowest BCUT2D eigenvalue weighted by Crippen LogP contribution is -2.38. The van der Waals surface area contributed by atoms with E-state index in [0.717, 1.165) is 12.8 Å². The Morgan fingerprint density at radius 1 is 1.39 bits per heavy atom. The number of nitrogens with zero attached hydrogens (tertiary/aromatic N) is 1. The molecule has 1 aromatic heterocycles. The van der Waals surface area contributed by atoms with Gasteiger partial charge in [0.15, 0.2) is 0 Å². The molecule has 1 heterocycles. The second-order valence-corrected chi connectivity index (χ2v) is 5.66. The number of carbonyl (C=O) groups is 1. The number of halogens is 2.